The van der Waals surface area contributed by atoms with Crippen molar-refractivity contribution in [3.05, 3.63) is 0 Å². The van der Waals surface area contributed by atoms with Gasteiger partial charge in [0.2, 0.25) is 0 Å². The average molecular weight is 77.1 g/mol. The van der Waals surface area contributed by atoms with Crippen molar-refractivity contribution in [3.63, 3.8) is 0 Å². The van der Waals surface area contributed by atoms with Gasteiger partial charge in [-0.25, -0.2) is 0 Å². The van der Waals surface area contributed by atoms with Gasteiger partial charge in [0.1, 0.15) is 0 Å². The molecule has 0 saturated carbocycles. The fraction of sp³-hybridized carbons (Fsp3) is 1.00. The van der Waals surface area contributed by atoms with E-state index in [1.54, 1.807) is 0 Å². The molecule has 0 aromatic heterocycles. The lowest BCUT2D eigenvalue weighted by Gasteiger charge is -1.90. The summed E-state index contributed by atoms with van der Waals surface area (Å²) in [6.07, 6.45) is -1.61. The Labute approximate surface area is 36.8 Å². The van der Waals surface area contributed by atoms with Gasteiger partial charge in [0, 0.05) is 2.74 Å². The Morgan fingerprint density at radius 3 is 3.40 bits per heavy atom. The van der Waals surface area contributed by atoms with Crippen LogP contribution in [-0.4, -0.2) is 11.2 Å². The van der Waals surface area contributed by atoms with Crippen molar-refractivity contribution < 1.29 is 9.22 Å². The molecule has 0 radical (unpaired) electrons. The van der Waals surface area contributed by atoms with Gasteiger partial charge in [0.15, 0.2) is 0 Å². The molecule has 1 heteroatoms. The molecule has 0 fully saturated rings. The first-order chi connectivity index (χ1) is 3.62. The quantitative estimate of drug-likeness (QED) is 0.490. The van der Waals surface area contributed by atoms with E-state index in [0.717, 1.165) is 0 Å². The molecule has 1 nitrogen and oxygen atoms in total. The van der Waals surface area contributed by atoms with E-state index >= 15 is 0 Å². The van der Waals surface area contributed by atoms with Gasteiger partial charge < -0.3 is 5.11 Å². The summed E-state index contributed by atoms with van der Waals surface area (Å²) in [5, 5.41) is 8.68. The summed E-state index contributed by atoms with van der Waals surface area (Å²) in [6.45, 7) is -0.329. The van der Waals surface area contributed by atoms with Crippen molar-refractivity contribution in [2.45, 2.75) is 26.3 Å². The monoisotopic (exact) mass is 77.1 g/mol. The standard InChI is InChI=1S/C4H10O/c1-3-4(2)5/h4-5H,3H2,1-2H3/i1D,2D,4D. The van der Waals surface area contributed by atoms with Crippen molar-refractivity contribution in [2.75, 3.05) is 0 Å². The molecule has 0 aromatic carbocycles. The van der Waals surface area contributed by atoms with Crippen molar-refractivity contribution in [1.29, 1.82) is 0 Å². The second-order valence-electron chi connectivity index (χ2n) is 0.816. The fourth-order valence-corrected chi connectivity index (χ4v) is 0. The largest absolute Gasteiger partial charge is 0.393 e. The Hall–Kier alpha value is -0.0400. The Morgan fingerprint density at radius 2 is 3.20 bits per heavy atom. The summed E-state index contributed by atoms with van der Waals surface area (Å²) < 4.78 is 20.0. The van der Waals surface area contributed by atoms with Gasteiger partial charge in [0.05, 0.1) is 7.45 Å². The van der Waals surface area contributed by atoms with Crippen LogP contribution >= 0.6 is 0 Å². The van der Waals surface area contributed by atoms with Crippen LogP contribution in [0.25, 0.3) is 0 Å². The van der Waals surface area contributed by atoms with E-state index in [9.17, 15) is 0 Å². The molecule has 0 spiro atoms. The fourth-order valence-electron chi connectivity index (χ4n) is 0. The van der Waals surface area contributed by atoms with Crippen LogP contribution in [0.1, 0.15) is 24.3 Å². The molecule has 0 heterocycles. The van der Waals surface area contributed by atoms with Crippen molar-refractivity contribution in [1.82, 2.24) is 0 Å². The topological polar surface area (TPSA) is 20.2 Å². The Kier molecular flexibility index (Phi) is 0.711. The zero-order valence-corrected chi connectivity index (χ0v) is 3.07. The number of hydrogen-bond donors (Lipinski definition) is 1. The molecule has 0 aromatic rings. The highest BCUT2D eigenvalue weighted by Crippen LogP contribution is 1.81. The first kappa shape index (κ1) is 1.61. The second kappa shape index (κ2) is 2.21. The molecule has 0 rings (SSSR count). The van der Waals surface area contributed by atoms with Gasteiger partial charge in [-0.3, -0.25) is 0 Å². The minimum atomic E-state index is -1.68. The van der Waals surface area contributed by atoms with Crippen LogP contribution in [0.5, 0.6) is 0 Å². The molecule has 5 heavy (non-hydrogen) atoms. The zero-order chi connectivity index (χ0) is 6.62. The molecule has 0 bridgehead atoms. The van der Waals surface area contributed by atoms with Gasteiger partial charge in [0.25, 0.3) is 0 Å². The first-order valence-corrected chi connectivity index (χ1v) is 1.43. The van der Waals surface area contributed by atoms with Crippen molar-refractivity contribution in [2.24, 2.45) is 0 Å². The van der Waals surface area contributed by atoms with E-state index in [1.165, 1.54) is 0 Å². The Bertz CT molecular complexity index is 64.3. The number of aliphatic hydroxyl groups is 1. The van der Waals surface area contributed by atoms with Crippen LogP contribution in [0.3, 0.4) is 0 Å². The van der Waals surface area contributed by atoms with E-state index in [0.29, 0.717) is 0 Å². The lowest BCUT2D eigenvalue weighted by Crippen LogP contribution is -1.93. The molecule has 0 saturated heterocycles. The molecule has 1 unspecified atom stereocenters. The number of hydrogen-bond acceptors (Lipinski definition) is 1. The summed E-state index contributed by atoms with van der Waals surface area (Å²) in [4.78, 5) is 0. The zero-order valence-electron chi connectivity index (χ0n) is 6.07. The van der Waals surface area contributed by atoms with Crippen LogP contribution in [0.2, 0.25) is 0 Å². The molecule has 1 N–H and O–H groups in total. The third-order valence-electron chi connectivity index (χ3n) is 0.289. The predicted octanol–water partition coefficient (Wildman–Crippen LogP) is 0.777. The van der Waals surface area contributed by atoms with Crippen LogP contribution in [0, 0.1) is 0 Å². The molecule has 1 atom stereocenters. The van der Waals surface area contributed by atoms with E-state index < -0.39 is 6.08 Å². The summed E-state index contributed by atoms with van der Waals surface area (Å²) in [5.41, 5.74) is 0. The minimum absolute atomic E-state index is 0.0128. The smallest absolute Gasteiger partial charge is 0.0597 e. The van der Waals surface area contributed by atoms with Crippen LogP contribution in [0.4, 0.5) is 0 Å². The van der Waals surface area contributed by atoms with Crippen LogP contribution < -0.4 is 0 Å². The second-order valence-corrected chi connectivity index (χ2v) is 0.816. The highest BCUT2D eigenvalue weighted by Gasteiger charge is 1.81. The Morgan fingerprint density at radius 1 is 2.40 bits per heavy atom. The molecule has 0 amide bonds. The highest BCUT2D eigenvalue weighted by atomic mass is 16.3. The summed E-state index contributed by atoms with van der Waals surface area (Å²) in [6, 6.07) is 0. The highest BCUT2D eigenvalue weighted by molar-refractivity contribution is 4.34. The molecular weight excluding hydrogens is 64.0 g/mol. The molecule has 0 aliphatic rings. The average Bonchev–Trinajstić information content (AvgIpc) is 1.67. The first-order valence-electron chi connectivity index (χ1n) is 3.34. The summed E-state index contributed by atoms with van der Waals surface area (Å²) in [5.74, 6) is 0. The van der Waals surface area contributed by atoms with Gasteiger partial charge in [-0.05, 0) is 13.3 Å². The van der Waals surface area contributed by atoms with E-state index in [4.69, 9.17) is 9.22 Å². The van der Waals surface area contributed by atoms with Crippen LogP contribution in [-0.2, 0) is 0 Å². The Balaban J connectivity index is 3.37. The molecular formula is C4H10O. The van der Waals surface area contributed by atoms with E-state index in [1.807, 2.05) is 0 Å². The summed E-state index contributed by atoms with van der Waals surface area (Å²) >= 11 is 0. The van der Waals surface area contributed by atoms with E-state index in [-0.39, 0.29) is 20.2 Å². The lowest BCUT2D eigenvalue weighted by atomic mass is 10.3. The van der Waals surface area contributed by atoms with Gasteiger partial charge in [-0.15, -0.1) is 0 Å². The lowest BCUT2D eigenvalue weighted by molar-refractivity contribution is 0.191. The third-order valence-corrected chi connectivity index (χ3v) is 0.289. The molecule has 32 valence electrons. The van der Waals surface area contributed by atoms with Gasteiger partial charge in [-0.2, -0.15) is 0 Å². The maximum absolute atomic E-state index is 8.68. The normalized spacial score (nSPS) is 29.4. The van der Waals surface area contributed by atoms with Crippen molar-refractivity contribution >= 4 is 0 Å². The van der Waals surface area contributed by atoms with E-state index in [2.05, 4.69) is 0 Å². The van der Waals surface area contributed by atoms with Gasteiger partial charge in [-0.1, -0.05) is 6.90 Å². The maximum Gasteiger partial charge on any atom is 0.0597 e. The van der Waals surface area contributed by atoms with Crippen molar-refractivity contribution in [3.8, 4) is 0 Å². The molecule has 0 aliphatic carbocycles. The SMILES string of the molecule is [2H]CCC([2H])(O)C[2H]. The third kappa shape index (κ3) is 3.96. The molecule has 0 aliphatic heterocycles. The maximum atomic E-state index is 8.68. The van der Waals surface area contributed by atoms with Gasteiger partial charge >= 0.3 is 0 Å². The summed E-state index contributed by atoms with van der Waals surface area (Å²) in [7, 11) is 0. The minimum Gasteiger partial charge on any atom is -0.393 e. The van der Waals surface area contributed by atoms with Crippen LogP contribution in [0.15, 0.2) is 0 Å². The number of rotatable bonds is 1. The predicted molar refractivity (Wildman–Crippen MR) is 22.0 cm³/mol.